The molecule has 0 saturated heterocycles. The van der Waals surface area contributed by atoms with Crippen LogP contribution in [-0.4, -0.2) is 36.5 Å². The molecule has 0 aliphatic heterocycles. The molecule has 0 rings (SSSR count). The molecule has 0 fully saturated rings. The summed E-state index contributed by atoms with van der Waals surface area (Å²) in [6, 6.07) is -1.20. The maximum atomic E-state index is 11.2. The summed E-state index contributed by atoms with van der Waals surface area (Å²) in [7, 11) is 0. The Kier molecular flexibility index (Phi) is 6.88. The predicted octanol–water partition coefficient (Wildman–Crippen LogP) is -1.43. The standard InChI is InChI=1S/C10H19N3O4/c1-6(14)9(11)8(17-7(2)15)4-3-5-13-10(12)16/h8-9H,3-5,11H2,1-2H3,(H3,12,13,16)/p+1. The molecule has 0 saturated carbocycles. The Morgan fingerprint density at radius 3 is 2.35 bits per heavy atom. The minimum Gasteiger partial charge on any atom is -0.456 e. The van der Waals surface area contributed by atoms with E-state index in [1.54, 1.807) is 0 Å². The van der Waals surface area contributed by atoms with Crippen LogP contribution in [0.1, 0.15) is 26.7 Å². The minimum atomic E-state index is -0.605. The van der Waals surface area contributed by atoms with E-state index < -0.39 is 24.1 Å². The molecule has 98 valence electrons. The predicted molar refractivity (Wildman–Crippen MR) is 59.7 cm³/mol. The van der Waals surface area contributed by atoms with E-state index in [1.807, 2.05) is 0 Å². The van der Waals surface area contributed by atoms with Crippen LogP contribution in [0.3, 0.4) is 0 Å². The van der Waals surface area contributed by atoms with Crippen LogP contribution in [-0.2, 0) is 14.3 Å². The van der Waals surface area contributed by atoms with Crippen molar-refractivity contribution in [1.29, 1.82) is 0 Å². The van der Waals surface area contributed by atoms with E-state index in [0.717, 1.165) is 0 Å². The van der Waals surface area contributed by atoms with E-state index in [4.69, 9.17) is 10.5 Å². The van der Waals surface area contributed by atoms with Gasteiger partial charge in [0.15, 0.2) is 17.9 Å². The van der Waals surface area contributed by atoms with Gasteiger partial charge < -0.3 is 21.5 Å². The summed E-state index contributed by atoms with van der Waals surface area (Å²) in [4.78, 5) is 32.5. The molecule has 7 heteroatoms. The summed E-state index contributed by atoms with van der Waals surface area (Å²) in [5.74, 6) is -0.591. The highest BCUT2D eigenvalue weighted by Gasteiger charge is 2.27. The molecule has 2 amide bonds. The summed E-state index contributed by atoms with van der Waals surface area (Å²) >= 11 is 0. The lowest BCUT2D eigenvalue weighted by molar-refractivity contribution is -0.420. The third-order valence-corrected chi connectivity index (χ3v) is 2.25. The average Bonchev–Trinajstić information content (AvgIpc) is 2.20. The fraction of sp³-hybridized carbons (Fsp3) is 0.700. The van der Waals surface area contributed by atoms with E-state index in [2.05, 4.69) is 11.1 Å². The van der Waals surface area contributed by atoms with Crippen molar-refractivity contribution in [2.45, 2.75) is 38.8 Å². The van der Waals surface area contributed by atoms with E-state index in [-0.39, 0.29) is 5.78 Å². The second kappa shape index (κ2) is 7.61. The van der Waals surface area contributed by atoms with Gasteiger partial charge in [-0.2, -0.15) is 0 Å². The summed E-state index contributed by atoms with van der Waals surface area (Å²) < 4.78 is 5.01. The van der Waals surface area contributed by atoms with Gasteiger partial charge in [0, 0.05) is 20.4 Å². The Labute approximate surface area is 99.9 Å². The quantitative estimate of drug-likeness (QED) is 0.376. The molecule has 0 aliphatic carbocycles. The Hall–Kier alpha value is -1.63. The first-order valence-corrected chi connectivity index (χ1v) is 5.38. The zero-order valence-corrected chi connectivity index (χ0v) is 10.2. The Bertz CT molecular complexity index is 293. The van der Waals surface area contributed by atoms with Gasteiger partial charge in [-0.05, 0) is 12.8 Å². The van der Waals surface area contributed by atoms with E-state index >= 15 is 0 Å². The zero-order valence-electron chi connectivity index (χ0n) is 10.2. The Morgan fingerprint density at radius 1 is 1.35 bits per heavy atom. The molecule has 0 heterocycles. The number of carbonyl (C=O) groups excluding carboxylic acids is 3. The molecule has 0 radical (unpaired) electrons. The van der Waals surface area contributed by atoms with Crippen LogP contribution in [0.15, 0.2) is 0 Å². The second-order valence-corrected chi connectivity index (χ2v) is 3.80. The monoisotopic (exact) mass is 246 g/mol. The molecule has 7 nitrogen and oxygen atoms in total. The summed E-state index contributed by atoms with van der Waals surface area (Å²) in [6.45, 7) is 3.05. The molecule has 0 bridgehead atoms. The van der Waals surface area contributed by atoms with Gasteiger partial charge in [-0.15, -0.1) is 0 Å². The largest absolute Gasteiger partial charge is 0.456 e. The van der Waals surface area contributed by atoms with Gasteiger partial charge >= 0.3 is 12.0 Å². The number of carbonyl (C=O) groups is 3. The fourth-order valence-corrected chi connectivity index (χ4v) is 1.33. The van der Waals surface area contributed by atoms with Crippen molar-refractivity contribution in [1.82, 2.24) is 5.32 Å². The Balaban J connectivity index is 4.15. The SMILES string of the molecule is CC(=O)OC(CCCNC(N)=O)C([NH3+])C(C)=O. The number of ether oxygens (including phenoxy) is 1. The van der Waals surface area contributed by atoms with Gasteiger partial charge in [0.05, 0.1) is 0 Å². The molecule has 0 aromatic rings. The van der Waals surface area contributed by atoms with Crippen LogP contribution in [0.4, 0.5) is 4.79 Å². The maximum absolute atomic E-state index is 11.2. The van der Waals surface area contributed by atoms with Crippen molar-refractivity contribution in [2.75, 3.05) is 6.54 Å². The molecule has 2 unspecified atom stereocenters. The van der Waals surface area contributed by atoms with Crippen LogP contribution < -0.4 is 16.8 Å². The normalized spacial score (nSPS) is 13.6. The van der Waals surface area contributed by atoms with Crippen molar-refractivity contribution in [3.05, 3.63) is 0 Å². The van der Waals surface area contributed by atoms with Gasteiger partial charge in [-0.1, -0.05) is 0 Å². The number of urea groups is 1. The van der Waals surface area contributed by atoms with Gasteiger partial charge in [0.1, 0.15) is 0 Å². The van der Waals surface area contributed by atoms with Gasteiger partial charge in [0.2, 0.25) is 0 Å². The first kappa shape index (κ1) is 15.4. The molecule has 6 N–H and O–H groups in total. The highest BCUT2D eigenvalue weighted by molar-refractivity contribution is 5.80. The van der Waals surface area contributed by atoms with Crippen LogP contribution in [0.2, 0.25) is 0 Å². The van der Waals surface area contributed by atoms with Gasteiger partial charge in [-0.25, -0.2) is 4.79 Å². The molecule has 0 aliphatic rings. The number of nitrogens with two attached hydrogens (primary N) is 1. The Morgan fingerprint density at radius 2 is 1.94 bits per heavy atom. The number of nitrogens with one attached hydrogen (secondary N) is 1. The summed E-state index contributed by atoms with van der Waals surface area (Å²) in [5.41, 5.74) is 8.56. The number of esters is 1. The topological polar surface area (TPSA) is 126 Å². The molecule has 2 atom stereocenters. The number of primary amides is 1. The van der Waals surface area contributed by atoms with E-state index in [1.165, 1.54) is 13.8 Å². The molecule has 0 aromatic heterocycles. The van der Waals surface area contributed by atoms with Crippen molar-refractivity contribution in [2.24, 2.45) is 5.73 Å². The van der Waals surface area contributed by atoms with E-state index in [0.29, 0.717) is 19.4 Å². The van der Waals surface area contributed by atoms with Crippen LogP contribution in [0.5, 0.6) is 0 Å². The third-order valence-electron chi connectivity index (χ3n) is 2.25. The fourth-order valence-electron chi connectivity index (χ4n) is 1.33. The van der Waals surface area contributed by atoms with Crippen LogP contribution >= 0.6 is 0 Å². The van der Waals surface area contributed by atoms with E-state index in [9.17, 15) is 14.4 Å². The highest BCUT2D eigenvalue weighted by atomic mass is 16.5. The minimum absolute atomic E-state index is 0.140. The lowest BCUT2D eigenvalue weighted by atomic mass is 10.0. The first-order valence-electron chi connectivity index (χ1n) is 5.38. The second-order valence-electron chi connectivity index (χ2n) is 3.80. The maximum Gasteiger partial charge on any atom is 0.312 e. The lowest BCUT2D eigenvalue weighted by Crippen LogP contribution is -2.70. The number of quaternary nitrogens is 1. The molecule has 17 heavy (non-hydrogen) atoms. The number of hydrogen-bond donors (Lipinski definition) is 3. The van der Waals surface area contributed by atoms with Crippen molar-refractivity contribution in [3.63, 3.8) is 0 Å². The van der Waals surface area contributed by atoms with Gasteiger partial charge in [-0.3, -0.25) is 9.59 Å². The third kappa shape index (κ3) is 7.29. The lowest BCUT2D eigenvalue weighted by Gasteiger charge is -2.19. The number of hydrogen-bond acceptors (Lipinski definition) is 4. The number of Topliss-reactive ketones (excluding diaryl/α,β-unsaturated/α-hetero) is 1. The first-order chi connectivity index (χ1) is 7.84. The molecule has 0 spiro atoms. The summed E-state index contributed by atoms with van der Waals surface area (Å²) in [6.07, 6.45) is 0.452. The number of ketones is 1. The molecular weight excluding hydrogens is 226 g/mol. The molecule has 0 aromatic carbocycles. The van der Waals surface area contributed by atoms with Crippen molar-refractivity contribution in [3.8, 4) is 0 Å². The van der Waals surface area contributed by atoms with Gasteiger partial charge in [0.25, 0.3) is 0 Å². The zero-order chi connectivity index (χ0) is 13.4. The van der Waals surface area contributed by atoms with Crippen LogP contribution in [0, 0.1) is 0 Å². The van der Waals surface area contributed by atoms with Crippen molar-refractivity contribution >= 4 is 17.8 Å². The average molecular weight is 246 g/mol. The highest BCUT2D eigenvalue weighted by Crippen LogP contribution is 2.06. The van der Waals surface area contributed by atoms with Crippen molar-refractivity contribution < 1.29 is 24.9 Å². The summed E-state index contributed by atoms with van der Waals surface area (Å²) in [5, 5.41) is 2.42. The smallest absolute Gasteiger partial charge is 0.312 e. The van der Waals surface area contributed by atoms with Crippen LogP contribution in [0.25, 0.3) is 0 Å². The molecular formula is C10H20N3O4+. The number of amides is 2. The number of rotatable bonds is 7.